The lowest BCUT2D eigenvalue weighted by Crippen LogP contribution is -2.47. The van der Waals surface area contributed by atoms with E-state index in [0.29, 0.717) is 12.0 Å². The summed E-state index contributed by atoms with van der Waals surface area (Å²) >= 11 is 0. The molecule has 0 unspecified atom stereocenters. The molecule has 1 fully saturated rings. The standard InChI is InChI=1S/C18H17FN4O2/c1-11-3-4-12-13(7-11)18(8-14(18)19)10-23(16(12)25)9-15(24)22-17-20-5-2-6-21-17/h2-7,14H,8-10H2,1H3,(H,20,21,22,24)/t14-,18+/m0/s1. The lowest BCUT2D eigenvalue weighted by Gasteiger charge is -2.34. The normalized spacial score (nSPS) is 24.2. The lowest BCUT2D eigenvalue weighted by molar-refractivity contribution is -0.117. The number of aryl methyl sites for hydroxylation is 1. The number of anilines is 1. The predicted molar refractivity (Wildman–Crippen MR) is 88.9 cm³/mol. The summed E-state index contributed by atoms with van der Waals surface area (Å²) in [7, 11) is 0. The van der Waals surface area contributed by atoms with Crippen LogP contribution in [0, 0.1) is 6.92 Å². The monoisotopic (exact) mass is 340 g/mol. The van der Waals surface area contributed by atoms with Gasteiger partial charge in [-0.15, -0.1) is 0 Å². The zero-order valence-corrected chi connectivity index (χ0v) is 13.7. The summed E-state index contributed by atoms with van der Waals surface area (Å²) in [6, 6.07) is 7.09. The fourth-order valence-electron chi connectivity index (χ4n) is 3.46. The zero-order valence-electron chi connectivity index (χ0n) is 13.7. The molecule has 2 amide bonds. The second kappa shape index (κ2) is 5.61. The Labute approximate surface area is 144 Å². The molecule has 2 atom stereocenters. The van der Waals surface area contributed by atoms with E-state index in [9.17, 15) is 14.0 Å². The number of nitrogens with zero attached hydrogens (tertiary/aromatic N) is 3. The van der Waals surface area contributed by atoms with Crippen molar-refractivity contribution in [3.05, 3.63) is 53.3 Å². The molecule has 2 aliphatic rings. The Morgan fingerprint density at radius 3 is 2.80 bits per heavy atom. The van der Waals surface area contributed by atoms with Crippen LogP contribution in [0.2, 0.25) is 0 Å². The lowest BCUT2D eigenvalue weighted by atomic mass is 9.85. The molecule has 6 nitrogen and oxygen atoms in total. The van der Waals surface area contributed by atoms with Crippen molar-refractivity contribution >= 4 is 17.8 Å². The Balaban J connectivity index is 1.57. The highest BCUT2D eigenvalue weighted by molar-refractivity contribution is 6.01. The summed E-state index contributed by atoms with van der Waals surface area (Å²) in [6.45, 7) is 1.99. The first-order chi connectivity index (χ1) is 12.0. The number of rotatable bonds is 3. The van der Waals surface area contributed by atoms with Gasteiger partial charge in [-0.1, -0.05) is 17.7 Å². The van der Waals surface area contributed by atoms with Crippen molar-refractivity contribution in [2.75, 3.05) is 18.4 Å². The summed E-state index contributed by atoms with van der Waals surface area (Å²) in [5.41, 5.74) is 1.59. The predicted octanol–water partition coefficient (Wildman–Crippen LogP) is 1.86. The van der Waals surface area contributed by atoms with Crippen LogP contribution in [0.5, 0.6) is 0 Å². The maximum Gasteiger partial charge on any atom is 0.254 e. The highest BCUT2D eigenvalue weighted by atomic mass is 19.1. The summed E-state index contributed by atoms with van der Waals surface area (Å²) in [6.07, 6.45) is 2.43. The van der Waals surface area contributed by atoms with E-state index < -0.39 is 17.5 Å². The fourth-order valence-corrected chi connectivity index (χ4v) is 3.46. The number of alkyl halides is 1. The zero-order chi connectivity index (χ0) is 17.6. The molecule has 1 spiro atoms. The third-order valence-corrected chi connectivity index (χ3v) is 4.84. The van der Waals surface area contributed by atoms with Crippen molar-refractivity contribution < 1.29 is 14.0 Å². The Hall–Kier alpha value is -2.83. The number of halogens is 1. The highest BCUT2D eigenvalue weighted by Crippen LogP contribution is 2.54. The number of amides is 2. The van der Waals surface area contributed by atoms with Gasteiger partial charge in [0.05, 0.1) is 0 Å². The van der Waals surface area contributed by atoms with Crippen molar-refractivity contribution in [2.45, 2.75) is 24.9 Å². The Kier molecular flexibility index (Phi) is 3.52. The van der Waals surface area contributed by atoms with E-state index in [0.717, 1.165) is 11.1 Å². The summed E-state index contributed by atoms with van der Waals surface area (Å²) in [4.78, 5) is 34.2. The van der Waals surface area contributed by atoms with E-state index in [1.165, 1.54) is 17.3 Å². The number of carbonyl (C=O) groups is 2. The Bertz CT molecular complexity index is 857. The molecule has 0 bridgehead atoms. The van der Waals surface area contributed by atoms with Gasteiger partial charge in [-0.3, -0.25) is 14.9 Å². The van der Waals surface area contributed by atoms with Crippen LogP contribution in [0.25, 0.3) is 0 Å². The Morgan fingerprint density at radius 1 is 1.40 bits per heavy atom. The first-order valence-corrected chi connectivity index (χ1v) is 8.11. The first-order valence-electron chi connectivity index (χ1n) is 8.11. The molecule has 1 aromatic heterocycles. The minimum Gasteiger partial charge on any atom is -0.328 e. The van der Waals surface area contributed by atoms with E-state index in [1.54, 1.807) is 12.1 Å². The van der Waals surface area contributed by atoms with Gasteiger partial charge < -0.3 is 4.90 Å². The van der Waals surface area contributed by atoms with Gasteiger partial charge in [0.15, 0.2) is 0 Å². The smallest absolute Gasteiger partial charge is 0.254 e. The van der Waals surface area contributed by atoms with Crippen LogP contribution in [-0.2, 0) is 10.2 Å². The molecule has 1 N–H and O–H groups in total. The van der Waals surface area contributed by atoms with E-state index in [4.69, 9.17) is 0 Å². The number of benzene rings is 1. The SMILES string of the molecule is Cc1ccc2c(c1)[C@@]1(C[C@@H]1F)CN(CC(=O)Nc1ncccn1)C2=O. The van der Waals surface area contributed by atoms with E-state index in [-0.39, 0.29) is 24.9 Å². The van der Waals surface area contributed by atoms with Gasteiger partial charge in [0, 0.05) is 29.9 Å². The number of fused-ring (bicyclic) bond motifs is 2. The van der Waals surface area contributed by atoms with Gasteiger partial charge in [-0.25, -0.2) is 14.4 Å². The van der Waals surface area contributed by atoms with Gasteiger partial charge >= 0.3 is 0 Å². The number of aromatic nitrogens is 2. The van der Waals surface area contributed by atoms with E-state index in [2.05, 4.69) is 15.3 Å². The maximum absolute atomic E-state index is 14.2. The van der Waals surface area contributed by atoms with Gasteiger partial charge in [-0.05, 0) is 31.0 Å². The quantitative estimate of drug-likeness (QED) is 0.925. The molecule has 1 saturated carbocycles. The van der Waals surface area contributed by atoms with Gasteiger partial charge in [0.1, 0.15) is 12.7 Å². The molecule has 2 heterocycles. The molecule has 0 radical (unpaired) electrons. The molecule has 0 saturated heterocycles. The van der Waals surface area contributed by atoms with Crippen LogP contribution in [0.3, 0.4) is 0 Å². The summed E-state index contributed by atoms with van der Waals surface area (Å²) < 4.78 is 14.2. The van der Waals surface area contributed by atoms with Gasteiger partial charge in [0.25, 0.3) is 5.91 Å². The second-order valence-electron chi connectivity index (χ2n) is 6.66. The third-order valence-electron chi connectivity index (χ3n) is 4.84. The second-order valence-corrected chi connectivity index (χ2v) is 6.66. The van der Waals surface area contributed by atoms with Crippen LogP contribution in [0.15, 0.2) is 36.7 Å². The third kappa shape index (κ3) is 2.65. The van der Waals surface area contributed by atoms with E-state index in [1.807, 2.05) is 19.1 Å². The van der Waals surface area contributed by atoms with Crippen molar-refractivity contribution in [2.24, 2.45) is 0 Å². The fraction of sp³-hybridized carbons (Fsp3) is 0.333. The van der Waals surface area contributed by atoms with Gasteiger partial charge in [0.2, 0.25) is 11.9 Å². The van der Waals surface area contributed by atoms with Crippen molar-refractivity contribution in [3.8, 4) is 0 Å². The minimum atomic E-state index is -0.982. The van der Waals surface area contributed by atoms with Crippen LogP contribution >= 0.6 is 0 Å². The minimum absolute atomic E-state index is 0.154. The number of hydrogen-bond acceptors (Lipinski definition) is 4. The molecular formula is C18H17FN4O2. The highest BCUT2D eigenvalue weighted by Gasteiger charge is 2.61. The van der Waals surface area contributed by atoms with Crippen molar-refractivity contribution in [1.29, 1.82) is 0 Å². The van der Waals surface area contributed by atoms with E-state index >= 15 is 0 Å². The number of hydrogen-bond donors (Lipinski definition) is 1. The topological polar surface area (TPSA) is 75.2 Å². The Morgan fingerprint density at radius 2 is 2.12 bits per heavy atom. The maximum atomic E-state index is 14.2. The molecule has 128 valence electrons. The molecule has 2 aromatic rings. The molecule has 7 heteroatoms. The molecule has 1 aliphatic carbocycles. The van der Waals surface area contributed by atoms with Gasteiger partial charge in [-0.2, -0.15) is 0 Å². The number of carbonyl (C=O) groups excluding carboxylic acids is 2. The first kappa shape index (κ1) is 15.7. The molecular weight excluding hydrogens is 323 g/mol. The average molecular weight is 340 g/mol. The molecule has 25 heavy (non-hydrogen) atoms. The molecule has 4 rings (SSSR count). The molecule has 1 aromatic carbocycles. The van der Waals surface area contributed by atoms with Crippen LogP contribution in [-0.4, -0.2) is 45.9 Å². The van der Waals surface area contributed by atoms with Crippen LogP contribution in [0.4, 0.5) is 10.3 Å². The average Bonchev–Trinajstić information content (AvgIpc) is 3.23. The molecule has 1 aliphatic heterocycles. The van der Waals surface area contributed by atoms with Crippen molar-refractivity contribution in [1.82, 2.24) is 14.9 Å². The largest absolute Gasteiger partial charge is 0.328 e. The summed E-state index contributed by atoms with van der Waals surface area (Å²) in [5.74, 6) is -0.470. The summed E-state index contributed by atoms with van der Waals surface area (Å²) in [5, 5.41) is 2.55. The van der Waals surface area contributed by atoms with Crippen LogP contribution < -0.4 is 5.32 Å². The van der Waals surface area contributed by atoms with Crippen molar-refractivity contribution in [3.63, 3.8) is 0 Å². The van der Waals surface area contributed by atoms with Crippen LogP contribution in [0.1, 0.15) is 27.9 Å². The number of nitrogens with one attached hydrogen (secondary N) is 1.